The van der Waals surface area contributed by atoms with E-state index in [0.29, 0.717) is 54.4 Å². The van der Waals surface area contributed by atoms with Crippen molar-refractivity contribution in [2.75, 3.05) is 25.4 Å². The zero-order valence-corrected chi connectivity index (χ0v) is 23.9. The Labute approximate surface area is 247 Å². The van der Waals surface area contributed by atoms with Crippen LogP contribution in [0.5, 0.6) is 11.5 Å². The summed E-state index contributed by atoms with van der Waals surface area (Å²) < 4.78 is 8.86. The molecule has 12 heteroatoms. The normalized spacial score (nSPS) is 17.8. The lowest BCUT2D eigenvalue weighted by Crippen LogP contribution is -2.59. The number of benzene rings is 2. The van der Waals surface area contributed by atoms with Crippen LogP contribution in [-0.4, -0.2) is 77.2 Å². The second kappa shape index (κ2) is 11.0. The molecular formula is C31H32N8O4. The maximum atomic E-state index is 13.9. The topological polar surface area (TPSA) is 156 Å². The number of hydrogen-bond donors (Lipinski definition) is 2. The number of anilines is 1. The van der Waals surface area contributed by atoms with Crippen molar-refractivity contribution in [3.8, 4) is 23.3 Å². The van der Waals surface area contributed by atoms with Crippen molar-refractivity contribution in [2.45, 2.75) is 44.5 Å². The second-order valence-corrected chi connectivity index (χ2v) is 11.4. The molecule has 3 N–H and O–H groups in total. The summed E-state index contributed by atoms with van der Waals surface area (Å²) in [6, 6.07) is 18.2. The number of rotatable bonds is 8. The average Bonchev–Trinajstić information content (AvgIpc) is 3.25. The third kappa shape index (κ3) is 5.24. The average molecular weight is 581 g/mol. The van der Waals surface area contributed by atoms with Crippen LogP contribution in [0.1, 0.15) is 20.3 Å². The van der Waals surface area contributed by atoms with Gasteiger partial charge in [0.25, 0.3) is 5.91 Å². The van der Waals surface area contributed by atoms with Crippen LogP contribution in [0.2, 0.25) is 0 Å². The maximum absolute atomic E-state index is 13.9. The molecule has 0 radical (unpaired) electrons. The number of para-hydroxylation sites is 1. The summed E-state index contributed by atoms with van der Waals surface area (Å²) >= 11 is 0. The summed E-state index contributed by atoms with van der Waals surface area (Å²) in [4.78, 5) is 39.4. The monoisotopic (exact) mass is 580 g/mol. The molecule has 43 heavy (non-hydrogen) atoms. The van der Waals surface area contributed by atoms with E-state index < -0.39 is 11.6 Å². The number of nitrogen functional groups attached to an aromatic ring is 1. The zero-order chi connectivity index (χ0) is 30.3. The molecular weight excluding hydrogens is 548 g/mol. The summed E-state index contributed by atoms with van der Waals surface area (Å²) in [6.45, 7) is 5.46. The first-order valence-corrected chi connectivity index (χ1v) is 14.1. The molecule has 220 valence electrons. The third-order valence-electron chi connectivity index (χ3n) is 8.13. The molecule has 12 nitrogen and oxygen atoms in total. The zero-order valence-electron chi connectivity index (χ0n) is 23.9. The summed E-state index contributed by atoms with van der Waals surface area (Å²) in [5.74, 6) is 1.07. The van der Waals surface area contributed by atoms with E-state index in [1.165, 1.54) is 15.5 Å². The van der Waals surface area contributed by atoms with E-state index in [2.05, 4.69) is 16.0 Å². The highest BCUT2D eigenvalue weighted by Crippen LogP contribution is 2.29. The molecule has 2 aliphatic rings. The standard InChI is InChI=1S/C31H32N8O4/c1-31(2,36-17-23(40)18-36)14-20(15-32)29(41)37-13-12-22(37)16-38-28-26(27(33)34-19-35-28)39(30(38)42)21-8-10-25(11-9-21)43-24-6-4-3-5-7-24/h3-11,14,19,22-23,40H,12-13,16-18H2,1-2H3,(H2,33,34,35)/b20-14-/t22-/m0/s1. The van der Waals surface area contributed by atoms with Crippen molar-refractivity contribution in [3.05, 3.63) is 83.1 Å². The highest BCUT2D eigenvalue weighted by molar-refractivity contribution is 5.98. The third-order valence-corrected chi connectivity index (χ3v) is 8.13. The van der Waals surface area contributed by atoms with Gasteiger partial charge in [0.05, 0.1) is 17.8 Å². The quantitative estimate of drug-likeness (QED) is 0.236. The van der Waals surface area contributed by atoms with E-state index in [1.54, 1.807) is 35.2 Å². The predicted molar refractivity (Wildman–Crippen MR) is 160 cm³/mol. The van der Waals surface area contributed by atoms with Crippen LogP contribution >= 0.6 is 0 Å². The molecule has 2 saturated heterocycles. The van der Waals surface area contributed by atoms with Gasteiger partial charge in [0, 0.05) is 31.7 Å². The summed E-state index contributed by atoms with van der Waals surface area (Å²) in [7, 11) is 0. The number of carbonyl (C=O) groups is 1. The van der Waals surface area contributed by atoms with Gasteiger partial charge in [-0.3, -0.25) is 18.8 Å². The van der Waals surface area contributed by atoms with Gasteiger partial charge < -0.3 is 20.5 Å². The van der Waals surface area contributed by atoms with Gasteiger partial charge >= 0.3 is 5.69 Å². The van der Waals surface area contributed by atoms with Crippen LogP contribution in [0.4, 0.5) is 5.82 Å². The van der Waals surface area contributed by atoms with Crippen molar-refractivity contribution >= 4 is 22.9 Å². The van der Waals surface area contributed by atoms with Gasteiger partial charge in [0.1, 0.15) is 35.0 Å². The van der Waals surface area contributed by atoms with Crippen LogP contribution < -0.4 is 16.2 Å². The molecule has 4 heterocycles. The van der Waals surface area contributed by atoms with Crippen LogP contribution in [0.25, 0.3) is 16.9 Å². The molecule has 0 bridgehead atoms. The van der Waals surface area contributed by atoms with E-state index in [1.807, 2.05) is 49.1 Å². The first kappa shape index (κ1) is 28.1. The number of amides is 1. The Kier molecular flexibility index (Phi) is 7.21. The molecule has 0 saturated carbocycles. The van der Waals surface area contributed by atoms with Gasteiger partial charge in [-0.1, -0.05) is 18.2 Å². The number of aromatic nitrogens is 4. The smallest absolute Gasteiger partial charge is 0.335 e. The van der Waals surface area contributed by atoms with Crippen LogP contribution in [-0.2, 0) is 11.3 Å². The lowest BCUT2D eigenvalue weighted by atomic mass is 9.93. The van der Waals surface area contributed by atoms with Gasteiger partial charge in [-0.25, -0.2) is 14.8 Å². The SMILES string of the molecule is CC(C)(/C=C(/C#N)C(=O)N1CC[C@H]1Cn1c(=O)n(-c2ccc(Oc3ccccc3)cc2)c2c(N)ncnc21)N1CC(O)C1. The van der Waals surface area contributed by atoms with Gasteiger partial charge in [0.2, 0.25) is 0 Å². The maximum Gasteiger partial charge on any atom is 0.335 e. The molecule has 2 aromatic carbocycles. The molecule has 0 unspecified atom stereocenters. The van der Waals surface area contributed by atoms with Gasteiger partial charge in [-0.05, 0) is 62.7 Å². The molecule has 4 aromatic rings. The Bertz CT molecular complexity index is 1800. The molecule has 0 aliphatic carbocycles. The van der Waals surface area contributed by atoms with Crippen molar-refractivity contribution in [1.82, 2.24) is 28.9 Å². The Morgan fingerprint density at radius 3 is 2.47 bits per heavy atom. The number of β-amino-alcohol motifs (C(OH)–C–C–N with tert-alkyl or cyclic N) is 1. The Morgan fingerprint density at radius 1 is 1.14 bits per heavy atom. The minimum atomic E-state index is -0.569. The van der Waals surface area contributed by atoms with E-state index in [-0.39, 0.29) is 35.6 Å². The Morgan fingerprint density at radius 2 is 1.84 bits per heavy atom. The van der Waals surface area contributed by atoms with E-state index in [0.717, 1.165) is 0 Å². The second-order valence-electron chi connectivity index (χ2n) is 11.4. The number of aliphatic hydroxyl groups excluding tert-OH is 1. The summed E-state index contributed by atoms with van der Waals surface area (Å²) in [5.41, 5.74) is 6.64. The first-order chi connectivity index (χ1) is 20.7. The number of nitrogens with two attached hydrogens (primary N) is 1. The van der Waals surface area contributed by atoms with Crippen molar-refractivity contribution in [3.63, 3.8) is 0 Å². The number of hydrogen-bond acceptors (Lipinski definition) is 9. The number of imidazole rings is 1. The van der Waals surface area contributed by atoms with Gasteiger partial charge in [-0.15, -0.1) is 0 Å². The van der Waals surface area contributed by atoms with Crippen molar-refractivity contribution in [1.29, 1.82) is 5.26 Å². The van der Waals surface area contributed by atoms with E-state index in [9.17, 15) is 20.0 Å². The lowest BCUT2D eigenvalue weighted by molar-refractivity contribution is -0.134. The predicted octanol–water partition coefficient (Wildman–Crippen LogP) is 2.46. The number of fused-ring (bicyclic) bond motifs is 1. The molecule has 6 rings (SSSR count). The minimum absolute atomic E-state index is 0.0373. The molecule has 2 aromatic heterocycles. The lowest BCUT2D eigenvalue weighted by Gasteiger charge is -2.46. The minimum Gasteiger partial charge on any atom is -0.457 e. The molecule has 2 fully saturated rings. The highest BCUT2D eigenvalue weighted by Gasteiger charge is 2.39. The van der Waals surface area contributed by atoms with Crippen LogP contribution in [0.15, 0.2) is 77.4 Å². The number of likely N-dealkylation sites (tertiary alicyclic amines) is 2. The molecule has 2 aliphatic heterocycles. The fourth-order valence-electron chi connectivity index (χ4n) is 5.57. The van der Waals surface area contributed by atoms with Crippen LogP contribution in [0, 0.1) is 11.3 Å². The van der Waals surface area contributed by atoms with Crippen molar-refractivity contribution < 1.29 is 14.6 Å². The Balaban J connectivity index is 1.27. The molecule has 1 atom stereocenters. The van der Waals surface area contributed by atoms with Gasteiger partial charge in [-0.2, -0.15) is 5.26 Å². The van der Waals surface area contributed by atoms with E-state index >= 15 is 0 Å². The van der Waals surface area contributed by atoms with Crippen LogP contribution in [0.3, 0.4) is 0 Å². The van der Waals surface area contributed by atoms with E-state index in [4.69, 9.17) is 10.5 Å². The highest BCUT2D eigenvalue weighted by atomic mass is 16.5. The largest absolute Gasteiger partial charge is 0.457 e. The Hall–Kier alpha value is -4.99. The number of aliphatic hydroxyl groups is 1. The molecule has 0 spiro atoms. The number of nitriles is 1. The number of ether oxygens (including phenoxy) is 1. The fourth-order valence-corrected chi connectivity index (χ4v) is 5.57. The molecule has 1 amide bonds. The summed E-state index contributed by atoms with van der Waals surface area (Å²) in [6.07, 6.45) is 3.24. The van der Waals surface area contributed by atoms with Crippen molar-refractivity contribution in [2.24, 2.45) is 0 Å². The summed E-state index contributed by atoms with van der Waals surface area (Å²) in [5, 5.41) is 19.5. The van der Waals surface area contributed by atoms with Gasteiger partial charge in [0.15, 0.2) is 11.5 Å². The first-order valence-electron chi connectivity index (χ1n) is 14.1. The number of nitrogens with zero attached hydrogens (tertiary/aromatic N) is 7. The fraction of sp³-hybridized carbons (Fsp3) is 0.323. The number of carbonyl (C=O) groups excluding carboxylic acids is 1.